The van der Waals surface area contributed by atoms with E-state index in [1.165, 1.54) is 6.07 Å². The SMILES string of the molecule is Cc1ccc(CNC(=O)[C@H]2CCO[C@@H]2c2cnn(C)c2)cc1F. The van der Waals surface area contributed by atoms with Crippen LogP contribution in [0.1, 0.15) is 29.2 Å². The number of rotatable bonds is 4. The summed E-state index contributed by atoms with van der Waals surface area (Å²) >= 11 is 0. The predicted octanol–water partition coefficient (Wildman–Crippen LogP) is 2.26. The highest BCUT2D eigenvalue weighted by Gasteiger charge is 2.35. The largest absolute Gasteiger partial charge is 0.373 e. The van der Waals surface area contributed by atoms with Gasteiger partial charge in [-0.3, -0.25) is 9.48 Å². The zero-order chi connectivity index (χ0) is 16.4. The quantitative estimate of drug-likeness (QED) is 0.941. The summed E-state index contributed by atoms with van der Waals surface area (Å²) in [7, 11) is 1.83. The fourth-order valence-electron chi connectivity index (χ4n) is 2.84. The third kappa shape index (κ3) is 3.42. The molecule has 2 aromatic rings. The van der Waals surface area contributed by atoms with Gasteiger partial charge in [-0.05, 0) is 30.5 Å². The second-order valence-corrected chi connectivity index (χ2v) is 5.94. The second-order valence-electron chi connectivity index (χ2n) is 5.94. The monoisotopic (exact) mass is 317 g/mol. The summed E-state index contributed by atoms with van der Waals surface area (Å²) in [6.45, 7) is 2.58. The number of nitrogens with zero attached hydrogens (tertiary/aromatic N) is 2. The van der Waals surface area contributed by atoms with Crippen LogP contribution < -0.4 is 5.32 Å². The number of carbonyl (C=O) groups is 1. The number of hydrogen-bond donors (Lipinski definition) is 1. The third-order valence-electron chi connectivity index (χ3n) is 4.18. The van der Waals surface area contributed by atoms with E-state index in [0.717, 1.165) is 11.1 Å². The summed E-state index contributed by atoms with van der Waals surface area (Å²) in [4.78, 5) is 12.4. The molecule has 23 heavy (non-hydrogen) atoms. The zero-order valence-corrected chi connectivity index (χ0v) is 13.3. The molecule has 122 valence electrons. The second kappa shape index (κ2) is 6.50. The minimum absolute atomic E-state index is 0.0719. The molecule has 2 heterocycles. The number of amides is 1. The van der Waals surface area contributed by atoms with Crippen LogP contribution in [0.5, 0.6) is 0 Å². The van der Waals surface area contributed by atoms with Gasteiger partial charge in [0.1, 0.15) is 5.82 Å². The van der Waals surface area contributed by atoms with Crippen LogP contribution >= 0.6 is 0 Å². The van der Waals surface area contributed by atoms with Crippen molar-refractivity contribution >= 4 is 5.91 Å². The number of hydrogen-bond acceptors (Lipinski definition) is 3. The van der Waals surface area contributed by atoms with Crippen molar-refractivity contribution in [2.45, 2.75) is 26.0 Å². The molecular weight excluding hydrogens is 297 g/mol. The van der Waals surface area contributed by atoms with Crippen LogP contribution in [-0.4, -0.2) is 22.3 Å². The molecule has 0 bridgehead atoms. The fraction of sp³-hybridized carbons (Fsp3) is 0.412. The number of aromatic nitrogens is 2. The highest BCUT2D eigenvalue weighted by molar-refractivity contribution is 5.79. The molecule has 1 aromatic heterocycles. The number of nitrogens with one attached hydrogen (secondary N) is 1. The van der Waals surface area contributed by atoms with E-state index in [0.29, 0.717) is 25.1 Å². The molecule has 6 heteroatoms. The van der Waals surface area contributed by atoms with E-state index >= 15 is 0 Å². The van der Waals surface area contributed by atoms with Crippen LogP contribution in [0.15, 0.2) is 30.6 Å². The van der Waals surface area contributed by atoms with Crippen LogP contribution in [0.2, 0.25) is 0 Å². The van der Waals surface area contributed by atoms with E-state index in [-0.39, 0.29) is 23.7 Å². The van der Waals surface area contributed by atoms with Gasteiger partial charge in [-0.25, -0.2) is 4.39 Å². The third-order valence-corrected chi connectivity index (χ3v) is 4.18. The first-order valence-electron chi connectivity index (χ1n) is 7.67. The summed E-state index contributed by atoms with van der Waals surface area (Å²) < 4.78 is 20.9. The minimum atomic E-state index is -0.265. The van der Waals surface area contributed by atoms with Crippen molar-refractivity contribution in [3.8, 4) is 0 Å². The Morgan fingerprint density at radius 3 is 3.04 bits per heavy atom. The van der Waals surface area contributed by atoms with Crippen molar-refractivity contribution in [2.75, 3.05) is 6.61 Å². The molecule has 1 fully saturated rings. The Hall–Kier alpha value is -2.21. The molecule has 0 unspecified atom stereocenters. The van der Waals surface area contributed by atoms with Crippen molar-refractivity contribution in [1.29, 1.82) is 0 Å². The molecule has 5 nitrogen and oxygen atoms in total. The van der Waals surface area contributed by atoms with Crippen LogP contribution in [0.25, 0.3) is 0 Å². The summed E-state index contributed by atoms with van der Waals surface area (Å²) in [5, 5.41) is 7.01. The molecule has 0 radical (unpaired) electrons. The summed E-state index contributed by atoms with van der Waals surface area (Å²) in [5.74, 6) is -0.569. The highest BCUT2D eigenvalue weighted by Crippen LogP contribution is 2.34. The van der Waals surface area contributed by atoms with Crippen molar-refractivity contribution in [3.63, 3.8) is 0 Å². The maximum atomic E-state index is 13.5. The fourth-order valence-corrected chi connectivity index (χ4v) is 2.84. The average molecular weight is 317 g/mol. The minimum Gasteiger partial charge on any atom is -0.373 e. The maximum Gasteiger partial charge on any atom is 0.226 e. The van der Waals surface area contributed by atoms with Gasteiger partial charge < -0.3 is 10.1 Å². The predicted molar refractivity (Wildman–Crippen MR) is 83.0 cm³/mol. The molecule has 1 aromatic carbocycles. The van der Waals surface area contributed by atoms with Crippen LogP contribution in [0.4, 0.5) is 4.39 Å². The normalized spacial score (nSPS) is 20.7. The molecule has 1 amide bonds. The molecule has 1 aliphatic rings. The number of carbonyl (C=O) groups excluding carboxylic acids is 1. The molecule has 0 saturated carbocycles. The lowest BCUT2D eigenvalue weighted by Crippen LogP contribution is -2.31. The van der Waals surface area contributed by atoms with E-state index < -0.39 is 0 Å². The van der Waals surface area contributed by atoms with E-state index in [9.17, 15) is 9.18 Å². The van der Waals surface area contributed by atoms with Crippen molar-refractivity contribution < 1.29 is 13.9 Å². The van der Waals surface area contributed by atoms with Gasteiger partial charge in [0.05, 0.1) is 18.2 Å². The van der Waals surface area contributed by atoms with Gasteiger partial charge in [-0.1, -0.05) is 12.1 Å². The number of halogens is 1. The highest BCUT2D eigenvalue weighted by atomic mass is 19.1. The van der Waals surface area contributed by atoms with E-state index in [4.69, 9.17) is 4.74 Å². The number of aryl methyl sites for hydroxylation is 2. The Morgan fingerprint density at radius 1 is 1.52 bits per heavy atom. The van der Waals surface area contributed by atoms with Gasteiger partial charge in [-0.15, -0.1) is 0 Å². The topological polar surface area (TPSA) is 56.1 Å². The van der Waals surface area contributed by atoms with Gasteiger partial charge in [0, 0.05) is 32.0 Å². The molecule has 1 N–H and O–H groups in total. The Balaban J connectivity index is 1.64. The first kappa shape index (κ1) is 15.7. The first-order valence-corrected chi connectivity index (χ1v) is 7.67. The molecular formula is C17H20FN3O2. The first-order chi connectivity index (χ1) is 11.0. The van der Waals surface area contributed by atoms with Crippen LogP contribution in [-0.2, 0) is 23.1 Å². The van der Waals surface area contributed by atoms with Crippen LogP contribution in [0.3, 0.4) is 0 Å². The lowest BCUT2D eigenvalue weighted by molar-refractivity contribution is -0.126. The van der Waals surface area contributed by atoms with Gasteiger partial charge in [0.15, 0.2) is 0 Å². The van der Waals surface area contributed by atoms with Crippen LogP contribution in [0, 0.1) is 18.7 Å². The van der Waals surface area contributed by atoms with Crippen molar-refractivity contribution in [2.24, 2.45) is 13.0 Å². The standard InChI is InChI=1S/C17H20FN3O2/c1-11-3-4-12(7-15(11)18)8-19-17(22)14-5-6-23-16(14)13-9-20-21(2)10-13/h3-4,7,9-10,14,16H,5-6,8H2,1-2H3,(H,19,22)/t14-,16+/m0/s1. The lowest BCUT2D eigenvalue weighted by atomic mass is 9.96. The average Bonchev–Trinajstić information content (AvgIpc) is 3.16. The Morgan fingerprint density at radius 2 is 2.35 bits per heavy atom. The summed E-state index contributed by atoms with van der Waals surface area (Å²) in [5.41, 5.74) is 2.26. The maximum absolute atomic E-state index is 13.5. The van der Waals surface area contributed by atoms with E-state index in [1.807, 2.05) is 19.3 Å². The van der Waals surface area contributed by atoms with Gasteiger partial charge in [-0.2, -0.15) is 5.10 Å². The Kier molecular flexibility index (Phi) is 4.43. The van der Waals surface area contributed by atoms with Gasteiger partial charge in [0.2, 0.25) is 5.91 Å². The lowest BCUT2D eigenvalue weighted by Gasteiger charge is -2.17. The van der Waals surface area contributed by atoms with Gasteiger partial charge >= 0.3 is 0 Å². The summed E-state index contributed by atoms with van der Waals surface area (Å²) in [6, 6.07) is 5.00. The smallest absolute Gasteiger partial charge is 0.226 e. The molecule has 0 spiro atoms. The number of benzene rings is 1. The van der Waals surface area contributed by atoms with Gasteiger partial charge in [0.25, 0.3) is 0 Å². The van der Waals surface area contributed by atoms with E-state index in [2.05, 4.69) is 10.4 Å². The summed E-state index contributed by atoms with van der Waals surface area (Å²) in [6.07, 6.45) is 4.00. The molecule has 3 rings (SSSR count). The molecule has 2 atom stereocenters. The molecule has 0 aliphatic carbocycles. The van der Waals surface area contributed by atoms with E-state index in [1.54, 1.807) is 23.9 Å². The van der Waals surface area contributed by atoms with Crippen molar-refractivity contribution in [3.05, 3.63) is 53.1 Å². The van der Waals surface area contributed by atoms with Crippen molar-refractivity contribution in [1.82, 2.24) is 15.1 Å². The molecule has 1 aliphatic heterocycles. The zero-order valence-electron chi connectivity index (χ0n) is 13.3. The molecule has 1 saturated heterocycles. The Bertz CT molecular complexity index is 714. The number of ether oxygens (including phenoxy) is 1. The Labute approximate surface area is 134 Å².